The van der Waals surface area contributed by atoms with Crippen LogP contribution in [0.4, 0.5) is 4.79 Å². The van der Waals surface area contributed by atoms with Gasteiger partial charge in [0.05, 0.1) is 6.04 Å². The van der Waals surface area contributed by atoms with Gasteiger partial charge in [-0.15, -0.1) is 0 Å². The SMILES string of the molecule is CC(C)(C)OC(=O)N1CCN2C(=O)C(Br)C2C1. The fourth-order valence-corrected chi connectivity index (χ4v) is 2.78. The van der Waals surface area contributed by atoms with Crippen LogP contribution in [0.5, 0.6) is 0 Å². The number of alkyl halides is 1. The van der Waals surface area contributed by atoms with E-state index in [0.29, 0.717) is 19.6 Å². The zero-order chi connectivity index (χ0) is 12.8. The van der Waals surface area contributed by atoms with Crippen molar-refractivity contribution in [3.05, 3.63) is 0 Å². The zero-order valence-corrected chi connectivity index (χ0v) is 11.9. The topological polar surface area (TPSA) is 49.9 Å². The summed E-state index contributed by atoms with van der Waals surface area (Å²) < 4.78 is 5.32. The Morgan fingerprint density at radius 3 is 2.65 bits per heavy atom. The molecule has 2 amide bonds. The first-order chi connectivity index (χ1) is 7.79. The molecule has 17 heavy (non-hydrogen) atoms. The summed E-state index contributed by atoms with van der Waals surface area (Å²) in [4.78, 5) is 26.6. The van der Waals surface area contributed by atoms with E-state index in [2.05, 4.69) is 15.9 Å². The normalized spacial score (nSPS) is 28.6. The summed E-state index contributed by atoms with van der Waals surface area (Å²) in [6.45, 7) is 7.25. The van der Waals surface area contributed by atoms with Crippen LogP contribution in [0, 0.1) is 0 Å². The van der Waals surface area contributed by atoms with E-state index in [4.69, 9.17) is 4.74 Å². The highest BCUT2D eigenvalue weighted by atomic mass is 79.9. The summed E-state index contributed by atoms with van der Waals surface area (Å²) in [7, 11) is 0. The Balaban J connectivity index is 1.93. The van der Waals surface area contributed by atoms with E-state index in [9.17, 15) is 9.59 Å². The third-order valence-corrected chi connectivity index (χ3v) is 3.93. The Labute approximate surface area is 109 Å². The number of halogens is 1. The number of ether oxygens (including phenoxy) is 1. The number of carbonyl (C=O) groups excluding carboxylic acids is 2. The molecule has 5 nitrogen and oxygen atoms in total. The zero-order valence-electron chi connectivity index (χ0n) is 10.3. The van der Waals surface area contributed by atoms with E-state index in [0.717, 1.165) is 0 Å². The summed E-state index contributed by atoms with van der Waals surface area (Å²) >= 11 is 3.34. The molecule has 0 saturated carbocycles. The van der Waals surface area contributed by atoms with E-state index >= 15 is 0 Å². The van der Waals surface area contributed by atoms with Gasteiger partial charge in [0, 0.05) is 19.6 Å². The molecule has 2 heterocycles. The van der Waals surface area contributed by atoms with Crippen molar-refractivity contribution >= 4 is 27.9 Å². The van der Waals surface area contributed by atoms with Crippen molar-refractivity contribution in [2.24, 2.45) is 0 Å². The van der Waals surface area contributed by atoms with Crippen LogP contribution in [0.25, 0.3) is 0 Å². The Hall–Kier alpha value is -0.780. The van der Waals surface area contributed by atoms with Crippen molar-refractivity contribution in [1.82, 2.24) is 9.80 Å². The van der Waals surface area contributed by atoms with Crippen LogP contribution >= 0.6 is 15.9 Å². The molecule has 2 unspecified atom stereocenters. The first kappa shape index (κ1) is 12.7. The lowest BCUT2D eigenvalue weighted by molar-refractivity contribution is -0.148. The second-order valence-electron chi connectivity index (χ2n) is 5.43. The molecule has 2 saturated heterocycles. The molecular formula is C11H17BrN2O3. The molecule has 6 heteroatoms. The van der Waals surface area contributed by atoms with E-state index in [1.54, 1.807) is 9.80 Å². The predicted octanol–water partition coefficient (Wildman–Crippen LogP) is 1.21. The number of fused-ring (bicyclic) bond motifs is 1. The monoisotopic (exact) mass is 304 g/mol. The molecule has 0 N–H and O–H groups in total. The molecule has 0 spiro atoms. The predicted molar refractivity (Wildman–Crippen MR) is 66.0 cm³/mol. The molecule has 0 radical (unpaired) electrons. The van der Waals surface area contributed by atoms with Gasteiger partial charge in [-0.25, -0.2) is 4.79 Å². The second kappa shape index (κ2) is 4.15. The number of nitrogens with zero attached hydrogens (tertiary/aromatic N) is 2. The van der Waals surface area contributed by atoms with E-state index < -0.39 is 5.60 Å². The van der Waals surface area contributed by atoms with Gasteiger partial charge in [-0.1, -0.05) is 15.9 Å². The average molecular weight is 305 g/mol. The lowest BCUT2D eigenvalue weighted by atomic mass is 9.99. The van der Waals surface area contributed by atoms with Crippen LogP contribution in [0.15, 0.2) is 0 Å². The standard InChI is InChI=1S/C11H17BrN2O3/c1-11(2,3)17-10(16)13-4-5-14-7(6-13)8(12)9(14)15/h7-8H,4-6H2,1-3H3. The fourth-order valence-electron chi connectivity index (χ4n) is 2.07. The van der Waals surface area contributed by atoms with Gasteiger partial charge >= 0.3 is 6.09 Å². The smallest absolute Gasteiger partial charge is 0.410 e. The maximum Gasteiger partial charge on any atom is 0.410 e. The Kier molecular flexibility index (Phi) is 3.10. The number of hydrogen-bond donors (Lipinski definition) is 0. The minimum Gasteiger partial charge on any atom is -0.444 e. The lowest BCUT2D eigenvalue weighted by Gasteiger charge is -2.50. The van der Waals surface area contributed by atoms with Crippen LogP contribution in [0.2, 0.25) is 0 Å². The molecule has 0 aromatic rings. The lowest BCUT2D eigenvalue weighted by Crippen LogP contribution is -2.70. The first-order valence-electron chi connectivity index (χ1n) is 5.72. The van der Waals surface area contributed by atoms with Gasteiger partial charge in [-0.3, -0.25) is 4.79 Å². The summed E-state index contributed by atoms with van der Waals surface area (Å²) in [6.07, 6.45) is -0.295. The fraction of sp³-hybridized carbons (Fsp3) is 0.818. The van der Waals surface area contributed by atoms with Gasteiger partial charge in [0.1, 0.15) is 10.4 Å². The molecule has 0 bridgehead atoms. The number of carbonyl (C=O) groups is 2. The molecule has 0 aliphatic carbocycles. The van der Waals surface area contributed by atoms with Crippen LogP contribution in [-0.4, -0.2) is 57.9 Å². The van der Waals surface area contributed by atoms with Crippen molar-refractivity contribution in [1.29, 1.82) is 0 Å². The van der Waals surface area contributed by atoms with E-state index in [1.165, 1.54) is 0 Å². The summed E-state index contributed by atoms with van der Waals surface area (Å²) in [5.41, 5.74) is -0.475. The van der Waals surface area contributed by atoms with Crippen LogP contribution in [0.1, 0.15) is 20.8 Å². The summed E-state index contributed by atoms with van der Waals surface area (Å²) in [5, 5.41) is 0. The highest BCUT2D eigenvalue weighted by molar-refractivity contribution is 9.10. The molecule has 0 aromatic carbocycles. The molecule has 0 aromatic heterocycles. The molecule has 2 rings (SSSR count). The molecule has 2 fully saturated rings. The largest absolute Gasteiger partial charge is 0.444 e. The number of hydrogen-bond acceptors (Lipinski definition) is 3. The summed E-state index contributed by atoms with van der Waals surface area (Å²) in [6, 6.07) is 0.101. The van der Waals surface area contributed by atoms with Crippen molar-refractivity contribution in [2.45, 2.75) is 37.2 Å². The van der Waals surface area contributed by atoms with Crippen molar-refractivity contribution in [3.8, 4) is 0 Å². The highest BCUT2D eigenvalue weighted by Gasteiger charge is 2.49. The number of β-lactam (4-membered cyclic amide) rings is 1. The molecule has 2 aliphatic rings. The van der Waals surface area contributed by atoms with Gasteiger partial charge in [0.15, 0.2) is 0 Å². The number of rotatable bonds is 0. The molecule has 96 valence electrons. The van der Waals surface area contributed by atoms with Crippen LogP contribution < -0.4 is 0 Å². The van der Waals surface area contributed by atoms with Crippen molar-refractivity contribution < 1.29 is 14.3 Å². The molecule has 2 aliphatic heterocycles. The highest BCUT2D eigenvalue weighted by Crippen LogP contribution is 2.30. The van der Waals surface area contributed by atoms with Gasteiger partial charge in [-0.2, -0.15) is 0 Å². The molecule has 2 atom stereocenters. The molecular weight excluding hydrogens is 288 g/mol. The Bertz CT molecular complexity index is 353. The third kappa shape index (κ3) is 2.41. The Morgan fingerprint density at radius 1 is 1.41 bits per heavy atom. The minimum atomic E-state index is -0.475. The summed E-state index contributed by atoms with van der Waals surface area (Å²) in [5.74, 6) is 0.124. The van der Waals surface area contributed by atoms with Crippen LogP contribution in [0.3, 0.4) is 0 Å². The van der Waals surface area contributed by atoms with Gasteiger partial charge in [0.25, 0.3) is 0 Å². The van der Waals surface area contributed by atoms with Gasteiger partial charge in [0.2, 0.25) is 5.91 Å². The maximum atomic E-state index is 11.9. The number of amides is 2. The van der Waals surface area contributed by atoms with Gasteiger partial charge in [-0.05, 0) is 20.8 Å². The van der Waals surface area contributed by atoms with Gasteiger partial charge < -0.3 is 14.5 Å². The van der Waals surface area contributed by atoms with Crippen molar-refractivity contribution in [3.63, 3.8) is 0 Å². The quantitative estimate of drug-likeness (QED) is 0.499. The van der Waals surface area contributed by atoms with E-state index in [-0.39, 0.29) is 22.9 Å². The minimum absolute atomic E-state index is 0.101. The van der Waals surface area contributed by atoms with Crippen LogP contribution in [-0.2, 0) is 9.53 Å². The Morgan fingerprint density at radius 2 is 2.06 bits per heavy atom. The second-order valence-corrected chi connectivity index (χ2v) is 6.41. The van der Waals surface area contributed by atoms with E-state index in [1.807, 2.05) is 20.8 Å². The average Bonchev–Trinajstić information content (AvgIpc) is 2.24. The first-order valence-corrected chi connectivity index (χ1v) is 6.63. The maximum absolute atomic E-state index is 11.9. The third-order valence-electron chi connectivity index (χ3n) is 2.93. The van der Waals surface area contributed by atoms with Crippen molar-refractivity contribution in [2.75, 3.05) is 19.6 Å². The number of piperazine rings is 1.